The lowest BCUT2D eigenvalue weighted by Crippen LogP contribution is -2.47. The molecule has 1 saturated carbocycles. The molecule has 1 aromatic carbocycles. The van der Waals surface area contributed by atoms with Crippen molar-refractivity contribution in [1.82, 2.24) is 10.9 Å². The van der Waals surface area contributed by atoms with Crippen molar-refractivity contribution in [3.63, 3.8) is 0 Å². The van der Waals surface area contributed by atoms with Gasteiger partial charge in [0.05, 0.1) is 5.02 Å². The third-order valence-electron chi connectivity index (χ3n) is 2.77. The molecule has 102 valence electrons. The molecule has 1 fully saturated rings. The van der Waals surface area contributed by atoms with Gasteiger partial charge in [0, 0.05) is 5.92 Å². The summed E-state index contributed by atoms with van der Waals surface area (Å²) >= 11 is 5.92. The van der Waals surface area contributed by atoms with Gasteiger partial charge < -0.3 is 4.74 Å². The standard InChI is InChI=1S/C13H15ClN2O3/c1-8(19-11-5-3-2-4-10(11)14)12(17)15-16-13(18)9-6-7-9/h2-5,8-9H,6-7H2,1H3,(H,15,17)(H,16,18). The van der Waals surface area contributed by atoms with Gasteiger partial charge in [0.15, 0.2) is 6.10 Å². The highest BCUT2D eigenvalue weighted by molar-refractivity contribution is 6.32. The van der Waals surface area contributed by atoms with E-state index < -0.39 is 12.0 Å². The smallest absolute Gasteiger partial charge is 0.279 e. The summed E-state index contributed by atoms with van der Waals surface area (Å²) in [5.41, 5.74) is 4.71. The number of carbonyl (C=O) groups is 2. The summed E-state index contributed by atoms with van der Waals surface area (Å²) in [7, 11) is 0. The van der Waals surface area contributed by atoms with Crippen LogP contribution in [0.4, 0.5) is 0 Å². The van der Waals surface area contributed by atoms with Gasteiger partial charge in [0.2, 0.25) is 5.91 Å². The second kappa shape index (κ2) is 5.93. The third kappa shape index (κ3) is 3.86. The predicted octanol–water partition coefficient (Wildman–Crippen LogP) is 1.66. The van der Waals surface area contributed by atoms with Crippen LogP contribution in [0.1, 0.15) is 19.8 Å². The summed E-state index contributed by atoms with van der Waals surface area (Å²) in [6.07, 6.45) is 1.01. The topological polar surface area (TPSA) is 67.4 Å². The number of carbonyl (C=O) groups excluding carboxylic acids is 2. The molecule has 0 heterocycles. The fraction of sp³-hybridized carbons (Fsp3) is 0.385. The van der Waals surface area contributed by atoms with Gasteiger partial charge in [-0.15, -0.1) is 0 Å². The number of ether oxygens (including phenoxy) is 1. The Kier molecular flexibility index (Phi) is 4.27. The van der Waals surface area contributed by atoms with Crippen molar-refractivity contribution in [1.29, 1.82) is 0 Å². The summed E-state index contributed by atoms with van der Waals surface area (Å²) in [4.78, 5) is 23.1. The normalized spacial score (nSPS) is 15.5. The van der Waals surface area contributed by atoms with Crippen LogP contribution in [0, 0.1) is 5.92 Å². The average molecular weight is 283 g/mol. The van der Waals surface area contributed by atoms with Gasteiger partial charge in [-0.1, -0.05) is 23.7 Å². The summed E-state index contributed by atoms with van der Waals surface area (Å²) in [5.74, 6) is -0.104. The number of hydrazine groups is 1. The molecule has 0 radical (unpaired) electrons. The van der Waals surface area contributed by atoms with Gasteiger partial charge in [-0.2, -0.15) is 0 Å². The van der Waals surface area contributed by atoms with Gasteiger partial charge in [-0.3, -0.25) is 20.4 Å². The molecule has 1 aromatic rings. The number of nitrogens with one attached hydrogen (secondary N) is 2. The van der Waals surface area contributed by atoms with E-state index in [4.69, 9.17) is 16.3 Å². The Morgan fingerprint density at radius 3 is 2.63 bits per heavy atom. The van der Waals surface area contributed by atoms with Crippen molar-refractivity contribution in [2.75, 3.05) is 0 Å². The molecule has 19 heavy (non-hydrogen) atoms. The van der Waals surface area contributed by atoms with Crippen molar-refractivity contribution in [3.8, 4) is 5.75 Å². The van der Waals surface area contributed by atoms with Crippen molar-refractivity contribution in [2.24, 2.45) is 5.92 Å². The first-order chi connectivity index (χ1) is 9.08. The zero-order chi connectivity index (χ0) is 13.8. The maximum Gasteiger partial charge on any atom is 0.279 e. The Hall–Kier alpha value is -1.75. The highest BCUT2D eigenvalue weighted by atomic mass is 35.5. The summed E-state index contributed by atoms with van der Waals surface area (Å²) in [6, 6.07) is 6.89. The van der Waals surface area contributed by atoms with E-state index in [0.717, 1.165) is 12.8 Å². The van der Waals surface area contributed by atoms with Crippen LogP contribution >= 0.6 is 11.6 Å². The molecule has 1 aliphatic rings. The first kappa shape index (κ1) is 13.7. The number of benzene rings is 1. The summed E-state index contributed by atoms with van der Waals surface area (Å²) in [5, 5.41) is 0.434. The zero-order valence-electron chi connectivity index (χ0n) is 10.5. The molecule has 0 saturated heterocycles. The molecule has 0 aromatic heterocycles. The number of para-hydroxylation sites is 1. The highest BCUT2D eigenvalue weighted by Gasteiger charge is 2.30. The molecule has 1 unspecified atom stereocenters. The molecule has 0 spiro atoms. The SMILES string of the molecule is CC(Oc1ccccc1Cl)C(=O)NNC(=O)C1CC1. The Labute approximate surface area is 116 Å². The average Bonchev–Trinajstić information content (AvgIpc) is 3.22. The number of hydrogen-bond acceptors (Lipinski definition) is 3. The quantitative estimate of drug-likeness (QED) is 0.826. The lowest BCUT2D eigenvalue weighted by atomic mass is 10.3. The molecule has 2 N–H and O–H groups in total. The van der Waals surface area contributed by atoms with Gasteiger partial charge in [0.25, 0.3) is 5.91 Å². The van der Waals surface area contributed by atoms with Crippen LogP contribution in [0.25, 0.3) is 0 Å². The summed E-state index contributed by atoms with van der Waals surface area (Å²) < 4.78 is 5.42. The van der Waals surface area contributed by atoms with Gasteiger partial charge in [-0.05, 0) is 31.9 Å². The predicted molar refractivity (Wildman–Crippen MR) is 70.6 cm³/mol. The van der Waals surface area contributed by atoms with E-state index in [-0.39, 0.29) is 11.8 Å². The van der Waals surface area contributed by atoms with E-state index in [1.165, 1.54) is 0 Å². The van der Waals surface area contributed by atoms with Gasteiger partial charge in [-0.25, -0.2) is 0 Å². The zero-order valence-corrected chi connectivity index (χ0v) is 11.2. The lowest BCUT2D eigenvalue weighted by Gasteiger charge is -2.15. The molecule has 1 atom stereocenters. The van der Waals surface area contributed by atoms with Crippen molar-refractivity contribution >= 4 is 23.4 Å². The van der Waals surface area contributed by atoms with Crippen LogP contribution in [0.3, 0.4) is 0 Å². The fourth-order valence-corrected chi connectivity index (χ4v) is 1.64. The van der Waals surface area contributed by atoms with E-state index in [2.05, 4.69) is 10.9 Å². The maximum atomic E-state index is 11.7. The molecule has 0 aliphatic heterocycles. The van der Waals surface area contributed by atoms with Crippen LogP contribution in [0.15, 0.2) is 24.3 Å². The van der Waals surface area contributed by atoms with E-state index in [1.807, 2.05) is 0 Å². The maximum absolute atomic E-state index is 11.7. The molecule has 6 heteroatoms. The van der Waals surface area contributed by atoms with Crippen molar-refractivity contribution in [2.45, 2.75) is 25.9 Å². The number of rotatable bonds is 4. The lowest BCUT2D eigenvalue weighted by molar-refractivity contribution is -0.133. The minimum absolute atomic E-state index is 0.0418. The second-order valence-electron chi connectivity index (χ2n) is 4.44. The third-order valence-corrected chi connectivity index (χ3v) is 3.08. The molecule has 5 nitrogen and oxygen atoms in total. The number of hydrogen-bond donors (Lipinski definition) is 2. The molecule has 1 aliphatic carbocycles. The largest absolute Gasteiger partial charge is 0.479 e. The molecular formula is C13H15ClN2O3. The molecule has 0 bridgehead atoms. The van der Waals surface area contributed by atoms with E-state index >= 15 is 0 Å². The Balaban J connectivity index is 1.81. The van der Waals surface area contributed by atoms with Crippen LogP contribution in [-0.4, -0.2) is 17.9 Å². The number of halogens is 1. The van der Waals surface area contributed by atoms with Crippen LogP contribution in [-0.2, 0) is 9.59 Å². The van der Waals surface area contributed by atoms with Crippen LogP contribution in [0.5, 0.6) is 5.75 Å². The van der Waals surface area contributed by atoms with Crippen LogP contribution < -0.4 is 15.6 Å². The second-order valence-corrected chi connectivity index (χ2v) is 4.85. The molecular weight excluding hydrogens is 268 g/mol. The Morgan fingerprint density at radius 2 is 2.00 bits per heavy atom. The monoisotopic (exact) mass is 282 g/mol. The highest BCUT2D eigenvalue weighted by Crippen LogP contribution is 2.28. The Bertz CT molecular complexity index is 489. The number of amides is 2. The first-order valence-corrected chi connectivity index (χ1v) is 6.46. The van der Waals surface area contributed by atoms with Crippen LogP contribution in [0.2, 0.25) is 5.02 Å². The Morgan fingerprint density at radius 1 is 1.32 bits per heavy atom. The van der Waals surface area contributed by atoms with E-state index in [1.54, 1.807) is 31.2 Å². The van der Waals surface area contributed by atoms with Crippen molar-refractivity contribution in [3.05, 3.63) is 29.3 Å². The first-order valence-electron chi connectivity index (χ1n) is 6.09. The minimum atomic E-state index is -0.751. The summed E-state index contributed by atoms with van der Waals surface area (Å²) in [6.45, 7) is 1.59. The molecule has 2 amide bonds. The van der Waals surface area contributed by atoms with Crippen molar-refractivity contribution < 1.29 is 14.3 Å². The van der Waals surface area contributed by atoms with Gasteiger partial charge in [0.1, 0.15) is 5.75 Å². The molecule has 2 rings (SSSR count). The fourth-order valence-electron chi connectivity index (χ4n) is 1.46. The minimum Gasteiger partial charge on any atom is -0.479 e. The van der Waals surface area contributed by atoms with E-state index in [0.29, 0.717) is 10.8 Å². The van der Waals surface area contributed by atoms with E-state index in [9.17, 15) is 9.59 Å². The van der Waals surface area contributed by atoms with Gasteiger partial charge >= 0.3 is 0 Å².